The zero-order valence-electron chi connectivity index (χ0n) is 6.46. The van der Waals surface area contributed by atoms with Crippen molar-refractivity contribution in [3.63, 3.8) is 0 Å². The van der Waals surface area contributed by atoms with E-state index in [1.807, 2.05) is 13.8 Å². The van der Waals surface area contributed by atoms with E-state index in [0.717, 1.165) is 0 Å². The molecule has 0 saturated heterocycles. The summed E-state index contributed by atoms with van der Waals surface area (Å²) in [6.07, 6.45) is 0. The largest absolute Gasteiger partial charge is 0.394 e. The van der Waals surface area contributed by atoms with Crippen molar-refractivity contribution in [1.82, 2.24) is 5.32 Å². The molecule has 0 aliphatic carbocycles. The molecule has 0 aliphatic heterocycles. The van der Waals surface area contributed by atoms with E-state index in [1.54, 1.807) is 0 Å². The van der Waals surface area contributed by atoms with Crippen molar-refractivity contribution in [1.29, 1.82) is 0 Å². The topological polar surface area (TPSA) is 70.6 Å². The second-order valence-electron chi connectivity index (χ2n) is 2.09. The van der Waals surface area contributed by atoms with Gasteiger partial charge >= 0.3 is 0 Å². The standard InChI is InChI=1S/C6H15N3O/c1-3-8-6(7)9-5(2)4-10/h5,10H,3-4H2,1-2H3,(H3,7,8,9). The summed E-state index contributed by atoms with van der Waals surface area (Å²) in [5, 5.41) is 11.4. The van der Waals surface area contributed by atoms with Gasteiger partial charge < -0.3 is 16.2 Å². The van der Waals surface area contributed by atoms with E-state index in [-0.39, 0.29) is 12.6 Å². The highest BCUT2D eigenvalue weighted by Crippen LogP contribution is 1.76. The maximum atomic E-state index is 8.58. The maximum Gasteiger partial charge on any atom is 0.188 e. The minimum Gasteiger partial charge on any atom is -0.394 e. The quantitative estimate of drug-likeness (QED) is 0.363. The highest BCUT2D eigenvalue weighted by atomic mass is 16.3. The molecule has 4 N–H and O–H groups in total. The van der Waals surface area contributed by atoms with Crippen LogP contribution in [0.3, 0.4) is 0 Å². The van der Waals surface area contributed by atoms with Gasteiger partial charge in [-0.3, -0.25) is 4.99 Å². The molecule has 0 fully saturated rings. The summed E-state index contributed by atoms with van der Waals surface area (Å²) >= 11 is 0. The molecule has 0 rings (SSSR count). The van der Waals surface area contributed by atoms with Gasteiger partial charge in [0.25, 0.3) is 0 Å². The first-order valence-corrected chi connectivity index (χ1v) is 3.38. The second-order valence-corrected chi connectivity index (χ2v) is 2.09. The summed E-state index contributed by atoms with van der Waals surface area (Å²) in [5.74, 6) is 0.393. The first-order chi connectivity index (χ1) is 4.70. The lowest BCUT2D eigenvalue weighted by Crippen LogP contribution is -2.40. The molecule has 4 heteroatoms. The Morgan fingerprint density at radius 3 is 2.80 bits per heavy atom. The molecule has 0 saturated carbocycles. The van der Waals surface area contributed by atoms with Crippen LogP contribution in [0, 0.1) is 0 Å². The normalized spacial score (nSPS) is 14.9. The van der Waals surface area contributed by atoms with Crippen LogP contribution < -0.4 is 11.1 Å². The molecule has 0 aromatic carbocycles. The van der Waals surface area contributed by atoms with Crippen LogP contribution >= 0.6 is 0 Å². The highest BCUT2D eigenvalue weighted by Gasteiger charge is 1.97. The molecular formula is C6H15N3O. The Labute approximate surface area is 61.1 Å². The van der Waals surface area contributed by atoms with Crippen LogP contribution in [-0.4, -0.2) is 30.3 Å². The molecule has 0 heterocycles. The lowest BCUT2D eigenvalue weighted by molar-refractivity contribution is 0.264. The van der Waals surface area contributed by atoms with Crippen LogP contribution in [0.5, 0.6) is 0 Å². The van der Waals surface area contributed by atoms with Crippen LogP contribution in [0.4, 0.5) is 0 Å². The minimum atomic E-state index is -0.0182. The monoisotopic (exact) mass is 145 g/mol. The number of guanidine groups is 1. The van der Waals surface area contributed by atoms with Crippen molar-refractivity contribution in [2.75, 3.05) is 13.2 Å². The Bertz CT molecular complexity index is 114. The van der Waals surface area contributed by atoms with Crippen LogP contribution in [0.2, 0.25) is 0 Å². The Morgan fingerprint density at radius 2 is 2.40 bits per heavy atom. The number of hydrogen-bond acceptors (Lipinski definition) is 2. The SMILES string of the molecule is CCN=C(N)NC(C)CO. The van der Waals surface area contributed by atoms with Crippen molar-refractivity contribution in [2.24, 2.45) is 10.7 Å². The molecule has 0 aromatic heterocycles. The molecule has 1 unspecified atom stereocenters. The third kappa shape index (κ3) is 4.14. The fourth-order valence-electron chi connectivity index (χ4n) is 0.514. The smallest absolute Gasteiger partial charge is 0.188 e. The molecule has 0 radical (unpaired) electrons. The number of nitrogens with one attached hydrogen (secondary N) is 1. The van der Waals surface area contributed by atoms with Crippen molar-refractivity contribution in [3.05, 3.63) is 0 Å². The molecular weight excluding hydrogens is 130 g/mol. The predicted octanol–water partition coefficient (Wildman–Crippen LogP) is -0.709. The summed E-state index contributed by atoms with van der Waals surface area (Å²) in [6, 6.07) is -0.0182. The fourth-order valence-corrected chi connectivity index (χ4v) is 0.514. The van der Waals surface area contributed by atoms with Gasteiger partial charge in [0.1, 0.15) is 0 Å². The number of nitrogens with zero attached hydrogens (tertiary/aromatic N) is 1. The molecule has 0 aliphatic rings. The van der Waals surface area contributed by atoms with Gasteiger partial charge in [-0.1, -0.05) is 0 Å². The van der Waals surface area contributed by atoms with Gasteiger partial charge in [0.2, 0.25) is 0 Å². The van der Waals surface area contributed by atoms with Gasteiger partial charge in [-0.15, -0.1) is 0 Å². The number of nitrogens with two attached hydrogens (primary N) is 1. The lowest BCUT2D eigenvalue weighted by atomic mass is 10.4. The Hall–Kier alpha value is -0.770. The number of hydrogen-bond donors (Lipinski definition) is 3. The van der Waals surface area contributed by atoms with Crippen molar-refractivity contribution < 1.29 is 5.11 Å². The van der Waals surface area contributed by atoms with Crippen molar-refractivity contribution in [3.8, 4) is 0 Å². The van der Waals surface area contributed by atoms with Gasteiger partial charge in [0.15, 0.2) is 5.96 Å². The maximum absolute atomic E-state index is 8.58. The third-order valence-corrected chi connectivity index (χ3v) is 0.997. The molecule has 10 heavy (non-hydrogen) atoms. The van der Waals surface area contributed by atoms with Crippen LogP contribution in [0.15, 0.2) is 4.99 Å². The Kier molecular flexibility index (Phi) is 4.66. The molecule has 0 amide bonds. The van der Waals surface area contributed by atoms with E-state index >= 15 is 0 Å². The first kappa shape index (κ1) is 9.23. The average molecular weight is 145 g/mol. The fraction of sp³-hybridized carbons (Fsp3) is 0.833. The molecule has 0 spiro atoms. The summed E-state index contributed by atoms with van der Waals surface area (Å²) in [7, 11) is 0. The van der Waals surface area contributed by atoms with E-state index in [2.05, 4.69) is 10.3 Å². The van der Waals surface area contributed by atoms with E-state index < -0.39 is 0 Å². The predicted molar refractivity (Wildman–Crippen MR) is 41.8 cm³/mol. The first-order valence-electron chi connectivity index (χ1n) is 3.38. The molecule has 1 atom stereocenters. The van der Waals surface area contributed by atoms with Crippen molar-refractivity contribution in [2.45, 2.75) is 19.9 Å². The third-order valence-electron chi connectivity index (χ3n) is 0.997. The second kappa shape index (κ2) is 5.05. The number of aliphatic imine (C=N–C) groups is 1. The zero-order valence-corrected chi connectivity index (χ0v) is 6.46. The molecule has 60 valence electrons. The zero-order chi connectivity index (χ0) is 7.98. The minimum absolute atomic E-state index is 0.0182. The van der Waals surface area contributed by atoms with Gasteiger partial charge in [-0.05, 0) is 13.8 Å². The Morgan fingerprint density at radius 1 is 1.80 bits per heavy atom. The van der Waals surface area contributed by atoms with Gasteiger partial charge in [-0.2, -0.15) is 0 Å². The van der Waals surface area contributed by atoms with Gasteiger partial charge in [0, 0.05) is 12.6 Å². The lowest BCUT2D eigenvalue weighted by Gasteiger charge is -2.10. The molecule has 4 nitrogen and oxygen atoms in total. The van der Waals surface area contributed by atoms with Gasteiger partial charge in [-0.25, -0.2) is 0 Å². The van der Waals surface area contributed by atoms with Crippen molar-refractivity contribution >= 4 is 5.96 Å². The van der Waals surface area contributed by atoms with Crippen LogP contribution in [0.1, 0.15) is 13.8 Å². The number of rotatable bonds is 3. The van der Waals surface area contributed by atoms with Gasteiger partial charge in [0.05, 0.1) is 6.61 Å². The summed E-state index contributed by atoms with van der Waals surface area (Å²) in [4.78, 5) is 3.88. The summed E-state index contributed by atoms with van der Waals surface area (Å²) in [6.45, 7) is 4.47. The number of aliphatic hydroxyl groups excluding tert-OH is 1. The summed E-state index contributed by atoms with van der Waals surface area (Å²) in [5.41, 5.74) is 5.39. The van der Waals surface area contributed by atoms with E-state index in [0.29, 0.717) is 12.5 Å². The molecule has 0 bridgehead atoms. The average Bonchev–Trinajstić information content (AvgIpc) is 1.88. The summed E-state index contributed by atoms with van der Waals surface area (Å²) < 4.78 is 0. The number of aliphatic hydroxyl groups is 1. The van der Waals surface area contributed by atoms with E-state index in [4.69, 9.17) is 10.8 Å². The highest BCUT2D eigenvalue weighted by molar-refractivity contribution is 5.78. The van der Waals surface area contributed by atoms with E-state index in [1.165, 1.54) is 0 Å². The van der Waals surface area contributed by atoms with Crippen LogP contribution in [0.25, 0.3) is 0 Å². The Balaban J connectivity index is 3.56. The van der Waals surface area contributed by atoms with E-state index in [9.17, 15) is 0 Å². The molecule has 0 aromatic rings. The van der Waals surface area contributed by atoms with Crippen LogP contribution in [-0.2, 0) is 0 Å².